The smallest absolute Gasteiger partial charge is 0.194 e. The average Bonchev–Trinajstić information content (AvgIpc) is 2.74. The van der Waals surface area contributed by atoms with Crippen molar-refractivity contribution in [3.8, 4) is 0 Å². The van der Waals surface area contributed by atoms with Crippen LogP contribution in [-0.4, -0.2) is 69.6 Å². The summed E-state index contributed by atoms with van der Waals surface area (Å²) in [6.07, 6.45) is 3.42. The van der Waals surface area contributed by atoms with Gasteiger partial charge in [0, 0.05) is 39.5 Å². The van der Waals surface area contributed by atoms with Crippen molar-refractivity contribution in [2.45, 2.75) is 45.3 Å². The van der Waals surface area contributed by atoms with Crippen LogP contribution in [0.3, 0.4) is 0 Å². The maximum absolute atomic E-state index is 6.06. The number of halogens is 1. The van der Waals surface area contributed by atoms with Crippen LogP contribution in [0.5, 0.6) is 0 Å². The highest BCUT2D eigenvalue weighted by molar-refractivity contribution is 14.0. The molecule has 0 bridgehead atoms. The second kappa shape index (κ2) is 13.4. The molecule has 2 aliphatic rings. The van der Waals surface area contributed by atoms with E-state index in [1.165, 1.54) is 11.1 Å². The topological polar surface area (TPSA) is 55.3 Å². The molecule has 29 heavy (non-hydrogen) atoms. The number of aryl methyl sites for hydroxylation is 1. The summed E-state index contributed by atoms with van der Waals surface area (Å²) in [5.74, 6) is 0.982. The summed E-state index contributed by atoms with van der Waals surface area (Å²) in [5, 5.41) is 3.44. The minimum absolute atomic E-state index is 0. The summed E-state index contributed by atoms with van der Waals surface area (Å²) in [5.41, 5.74) is 2.55. The molecule has 2 saturated heterocycles. The average molecular weight is 517 g/mol. The van der Waals surface area contributed by atoms with E-state index in [1.54, 1.807) is 0 Å². The third-order valence-electron chi connectivity index (χ3n) is 5.32. The maximum Gasteiger partial charge on any atom is 0.194 e. The fraction of sp³-hybridized carbons (Fsp3) is 0.682. The van der Waals surface area contributed by atoms with E-state index in [0.29, 0.717) is 6.10 Å². The quantitative estimate of drug-likeness (QED) is 0.260. The van der Waals surface area contributed by atoms with Gasteiger partial charge < -0.3 is 24.4 Å². The van der Waals surface area contributed by atoms with Crippen LogP contribution < -0.4 is 5.32 Å². The monoisotopic (exact) mass is 517 g/mol. The second-order valence-corrected chi connectivity index (χ2v) is 7.43. The largest absolute Gasteiger partial charge is 0.381 e. The molecule has 0 spiro atoms. The number of morpholine rings is 1. The summed E-state index contributed by atoms with van der Waals surface area (Å²) < 4.78 is 17.4. The molecule has 1 atom stereocenters. The Morgan fingerprint density at radius 1 is 1.24 bits per heavy atom. The first-order valence-electron chi connectivity index (χ1n) is 10.7. The van der Waals surface area contributed by atoms with Crippen LogP contribution in [0.4, 0.5) is 0 Å². The molecule has 2 fully saturated rings. The summed E-state index contributed by atoms with van der Waals surface area (Å²) in [7, 11) is 0. The second-order valence-electron chi connectivity index (χ2n) is 7.43. The van der Waals surface area contributed by atoms with Crippen molar-refractivity contribution in [3.63, 3.8) is 0 Å². The number of nitrogens with one attached hydrogen (secondary N) is 1. The number of hydrogen-bond acceptors (Lipinski definition) is 4. The molecule has 0 amide bonds. The van der Waals surface area contributed by atoms with E-state index < -0.39 is 0 Å². The van der Waals surface area contributed by atoms with Gasteiger partial charge in [-0.1, -0.05) is 24.3 Å². The SMILES string of the molecule is CCNC(=NCCCOC1CCOCC1)N1CCOC(c2ccccc2C)C1.I. The number of benzene rings is 1. The Bertz CT molecular complexity index is 623. The van der Waals surface area contributed by atoms with Crippen LogP contribution in [0, 0.1) is 6.92 Å². The summed E-state index contributed by atoms with van der Waals surface area (Å²) in [6, 6.07) is 8.48. The van der Waals surface area contributed by atoms with Gasteiger partial charge in [-0.25, -0.2) is 0 Å². The predicted octanol–water partition coefficient (Wildman–Crippen LogP) is 3.54. The molecule has 2 heterocycles. The number of ether oxygens (including phenoxy) is 3. The molecule has 6 nitrogen and oxygen atoms in total. The lowest BCUT2D eigenvalue weighted by Gasteiger charge is -2.35. The fourth-order valence-electron chi connectivity index (χ4n) is 3.75. The van der Waals surface area contributed by atoms with E-state index in [4.69, 9.17) is 19.2 Å². The minimum Gasteiger partial charge on any atom is -0.381 e. The number of aliphatic imine (C=N–C) groups is 1. The van der Waals surface area contributed by atoms with E-state index in [1.807, 2.05) is 0 Å². The first kappa shape index (κ1) is 24.4. The zero-order chi connectivity index (χ0) is 19.6. The van der Waals surface area contributed by atoms with Crippen molar-refractivity contribution in [1.29, 1.82) is 0 Å². The van der Waals surface area contributed by atoms with Crippen molar-refractivity contribution in [1.82, 2.24) is 10.2 Å². The van der Waals surface area contributed by atoms with E-state index in [9.17, 15) is 0 Å². The van der Waals surface area contributed by atoms with Crippen molar-refractivity contribution < 1.29 is 14.2 Å². The molecular formula is C22H36IN3O3. The Kier molecular flexibility index (Phi) is 11.3. The van der Waals surface area contributed by atoms with Gasteiger partial charge in [0.15, 0.2) is 5.96 Å². The Labute approximate surface area is 192 Å². The lowest BCUT2D eigenvalue weighted by molar-refractivity contribution is -0.0318. The molecule has 0 saturated carbocycles. The highest BCUT2D eigenvalue weighted by Crippen LogP contribution is 2.25. The van der Waals surface area contributed by atoms with Crippen molar-refractivity contribution in [2.75, 3.05) is 52.6 Å². The summed E-state index contributed by atoms with van der Waals surface area (Å²) >= 11 is 0. The van der Waals surface area contributed by atoms with Gasteiger partial charge in [-0.2, -0.15) is 0 Å². The molecular weight excluding hydrogens is 481 g/mol. The Hall–Kier alpha value is -0.900. The zero-order valence-electron chi connectivity index (χ0n) is 17.8. The summed E-state index contributed by atoms with van der Waals surface area (Å²) in [4.78, 5) is 7.16. The number of hydrogen-bond donors (Lipinski definition) is 1. The van der Waals surface area contributed by atoms with Crippen LogP contribution in [0.1, 0.15) is 43.4 Å². The van der Waals surface area contributed by atoms with Gasteiger partial charge in [-0.05, 0) is 44.2 Å². The molecule has 0 radical (unpaired) electrons. The van der Waals surface area contributed by atoms with Gasteiger partial charge >= 0.3 is 0 Å². The van der Waals surface area contributed by atoms with Crippen LogP contribution in [0.25, 0.3) is 0 Å². The van der Waals surface area contributed by atoms with E-state index in [-0.39, 0.29) is 30.1 Å². The molecule has 3 rings (SSSR count). The Balaban J connectivity index is 0.00000300. The van der Waals surface area contributed by atoms with E-state index >= 15 is 0 Å². The van der Waals surface area contributed by atoms with Gasteiger partial charge in [0.2, 0.25) is 0 Å². The van der Waals surface area contributed by atoms with Crippen LogP contribution in [-0.2, 0) is 14.2 Å². The number of guanidine groups is 1. The van der Waals surface area contributed by atoms with Crippen molar-refractivity contribution in [3.05, 3.63) is 35.4 Å². The van der Waals surface area contributed by atoms with Crippen LogP contribution >= 0.6 is 24.0 Å². The molecule has 0 aliphatic carbocycles. The van der Waals surface area contributed by atoms with Crippen molar-refractivity contribution in [2.24, 2.45) is 4.99 Å². The molecule has 1 unspecified atom stereocenters. The molecule has 1 N–H and O–H groups in total. The molecule has 1 aromatic rings. The van der Waals surface area contributed by atoms with Crippen LogP contribution in [0.15, 0.2) is 29.3 Å². The number of rotatable bonds is 7. The summed E-state index contributed by atoms with van der Waals surface area (Å²) in [6.45, 7) is 10.7. The third kappa shape index (κ3) is 7.70. The lowest BCUT2D eigenvalue weighted by atomic mass is 10.0. The molecule has 164 valence electrons. The normalized spacial score (nSPS) is 21.0. The highest BCUT2D eigenvalue weighted by atomic mass is 127. The minimum atomic E-state index is 0. The number of nitrogens with zero attached hydrogens (tertiary/aromatic N) is 2. The van der Waals surface area contributed by atoms with Gasteiger partial charge in [0.05, 0.1) is 19.3 Å². The van der Waals surface area contributed by atoms with Gasteiger partial charge in [0.1, 0.15) is 6.10 Å². The van der Waals surface area contributed by atoms with E-state index in [0.717, 1.165) is 77.8 Å². The first-order chi connectivity index (χ1) is 13.8. The van der Waals surface area contributed by atoms with Crippen molar-refractivity contribution >= 4 is 29.9 Å². The maximum atomic E-state index is 6.06. The Morgan fingerprint density at radius 2 is 2.03 bits per heavy atom. The standard InChI is InChI=1S/C22H35N3O3.HI/c1-3-23-22(24-11-6-13-27-19-9-14-26-15-10-19)25-12-16-28-21(17-25)20-8-5-4-7-18(20)2;/h4-5,7-8,19,21H,3,6,9-17H2,1-2H3,(H,23,24);1H. The highest BCUT2D eigenvalue weighted by Gasteiger charge is 2.25. The van der Waals surface area contributed by atoms with Crippen LogP contribution in [0.2, 0.25) is 0 Å². The van der Waals surface area contributed by atoms with E-state index in [2.05, 4.69) is 48.3 Å². The van der Waals surface area contributed by atoms with Gasteiger partial charge in [-0.15, -0.1) is 24.0 Å². The third-order valence-corrected chi connectivity index (χ3v) is 5.32. The fourth-order valence-corrected chi connectivity index (χ4v) is 3.75. The molecule has 1 aromatic carbocycles. The molecule has 0 aromatic heterocycles. The van der Waals surface area contributed by atoms with Gasteiger partial charge in [0.25, 0.3) is 0 Å². The molecule has 7 heteroatoms. The molecule has 2 aliphatic heterocycles. The van der Waals surface area contributed by atoms with Gasteiger partial charge in [-0.3, -0.25) is 4.99 Å². The first-order valence-corrected chi connectivity index (χ1v) is 10.7. The lowest BCUT2D eigenvalue weighted by Crippen LogP contribution is -2.48. The Morgan fingerprint density at radius 3 is 2.79 bits per heavy atom. The zero-order valence-corrected chi connectivity index (χ0v) is 20.1. The predicted molar refractivity (Wildman–Crippen MR) is 127 cm³/mol.